The minimum atomic E-state index is -0.905. The Hall–Kier alpha value is -1.30. The van der Waals surface area contributed by atoms with Gasteiger partial charge in [0.15, 0.2) is 0 Å². The summed E-state index contributed by atoms with van der Waals surface area (Å²) in [4.78, 5) is 23.8. The maximum Gasteiger partial charge on any atom is 0.317 e. The molecule has 18 heavy (non-hydrogen) atoms. The molecule has 2 amide bonds. The van der Waals surface area contributed by atoms with Gasteiger partial charge in [-0.3, -0.25) is 4.79 Å². The van der Waals surface area contributed by atoms with E-state index in [-0.39, 0.29) is 25.1 Å². The van der Waals surface area contributed by atoms with Crippen LogP contribution in [0.3, 0.4) is 0 Å². The molecule has 0 saturated carbocycles. The molecule has 1 atom stereocenters. The fourth-order valence-electron chi connectivity index (χ4n) is 1.93. The number of carboxylic acid groups (broad SMARTS) is 1. The van der Waals surface area contributed by atoms with Crippen molar-refractivity contribution in [1.82, 2.24) is 10.2 Å². The van der Waals surface area contributed by atoms with Gasteiger partial charge in [0.05, 0.1) is 12.5 Å². The summed E-state index contributed by atoms with van der Waals surface area (Å²) in [6.45, 7) is 4.26. The van der Waals surface area contributed by atoms with Gasteiger partial charge in [0, 0.05) is 26.2 Å². The number of aliphatic carboxylic acids is 1. The lowest BCUT2D eigenvalue weighted by molar-refractivity contribution is -0.136. The molecule has 1 rings (SSSR count). The van der Waals surface area contributed by atoms with Gasteiger partial charge in [0.25, 0.3) is 0 Å². The van der Waals surface area contributed by atoms with Crippen molar-refractivity contribution < 1.29 is 19.4 Å². The molecular formula is C12H22N2O4. The Morgan fingerprint density at radius 1 is 1.50 bits per heavy atom. The van der Waals surface area contributed by atoms with Crippen LogP contribution in [0.1, 0.15) is 32.6 Å². The minimum Gasteiger partial charge on any atom is -0.481 e. The largest absolute Gasteiger partial charge is 0.481 e. The highest BCUT2D eigenvalue weighted by atomic mass is 16.5. The Labute approximate surface area is 107 Å². The third kappa shape index (κ3) is 5.35. The first-order valence-electron chi connectivity index (χ1n) is 6.49. The molecule has 2 N–H and O–H groups in total. The van der Waals surface area contributed by atoms with E-state index in [1.165, 1.54) is 0 Å². The van der Waals surface area contributed by atoms with E-state index < -0.39 is 5.97 Å². The summed E-state index contributed by atoms with van der Waals surface area (Å²) < 4.78 is 5.64. The molecule has 1 aliphatic rings. The van der Waals surface area contributed by atoms with Crippen molar-refractivity contribution in [2.24, 2.45) is 0 Å². The van der Waals surface area contributed by atoms with Gasteiger partial charge in [-0.2, -0.15) is 0 Å². The molecular weight excluding hydrogens is 236 g/mol. The number of urea groups is 1. The molecule has 1 heterocycles. The van der Waals surface area contributed by atoms with E-state index in [1.54, 1.807) is 4.90 Å². The van der Waals surface area contributed by atoms with Gasteiger partial charge < -0.3 is 20.1 Å². The number of carbonyl (C=O) groups excluding carboxylic acids is 1. The zero-order valence-corrected chi connectivity index (χ0v) is 10.9. The van der Waals surface area contributed by atoms with Crippen LogP contribution in [0.15, 0.2) is 0 Å². The van der Waals surface area contributed by atoms with E-state index in [9.17, 15) is 9.59 Å². The second kappa shape index (κ2) is 7.92. The van der Waals surface area contributed by atoms with E-state index in [2.05, 4.69) is 12.2 Å². The van der Waals surface area contributed by atoms with Gasteiger partial charge in [0.2, 0.25) is 0 Å². The lowest BCUT2D eigenvalue weighted by Gasteiger charge is -2.32. The molecule has 0 aromatic rings. The molecule has 1 aliphatic heterocycles. The fraction of sp³-hybridized carbons (Fsp3) is 0.833. The highest BCUT2D eigenvalue weighted by Crippen LogP contribution is 2.13. The zero-order chi connectivity index (χ0) is 13.4. The summed E-state index contributed by atoms with van der Waals surface area (Å²) in [6.07, 6.45) is 2.96. The molecule has 0 radical (unpaired) electrons. The maximum atomic E-state index is 11.8. The maximum absolute atomic E-state index is 11.8. The van der Waals surface area contributed by atoms with Gasteiger partial charge in [-0.1, -0.05) is 6.92 Å². The van der Waals surface area contributed by atoms with Gasteiger partial charge in [0.1, 0.15) is 0 Å². The summed E-state index contributed by atoms with van der Waals surface area (Å²) in [5.74, 6) is -0.905. The summed E-state index contributed by atoms with van der Waals surface area (Å²) in [5.41, 5.74) is 0. The van der Waals surface area contributed by atoms with Crippen molar-refractivity contribution in [3.05, 3.63) is 0 Å². The van der Waals surface area contributed by atoms with Crippen LogP contribution in [-0.2, 0) is 9.53 Å². The fourth-order valence-corrected chi connectivity index (χ4v) is 1.93. The molecule has 6 heteroatoms. The molecule has 0 aromatic heterocycles. The van der Waals surface area contributed by atoms with Crippen LogP contribution in [0.5, 0.6) is 0 Å². The molecule has 1 fully saturated rings. The number of hydrogen-bond acceptors (Lipinski definition) is 3. The standard InChI is InChI=1S/C12H22N2O4/c1-2-8-18-10-4-3-7-14(9-10)12(17)13-6-5-11(15)16/h10H,2-9H2,1H3,(H,13,17)(H,15,16). The summed E-state index contributed by atoms with van der Waals surface area (Å²) in [6, 6.07) is -0.193. The normalized spacial score (nSPS) is 19.6. The van der Waals surface area contributed by atoms with Crippen molar-refractivity contribution in [3.8, 4) is 0 Å². The Bertz CT molecular complexity index is 283. The number of rotatable bonds is 6. The van der Waals surface area contributed by atoms with Crippen LogP contribution in [0.2, 0.25) is 0 Å². The predicted molar refractivity (Wildman–Crippen MR) is 66.5 cm³/mol. The third-order valence-electron chi connectivity index (χ3n) is 2.84. The predicted octanol–water partition coefficient (Wildman–Crippen LogP) is 1.06. The van der Waals surface area contributed by atoms with Crippen LogP contribution in [0.25, 0.3) is 0 Å². The van der Waals surface area contributed by atoms with E-state index in [0.717, 1.165) is 25.9 Å². The highest BCUT2D eigenvalue weighted by molar-refractivity contribution is 5.75. The molecule has 104 valence electrons. The summed E-state index contributed by atoms with van der Waals surface area (Å²) in [7, 11) is 0. The van der Waals surface area contributed by atoms with E-state index in [4.69, 9.17) is 9.84 Å². The molecule has 6 nitrogen and oxygen atoms in total. The van der Waals surface area contributed by atoms with Crippen LogP contribution < -0.4 is 5.32 Å². The number of nitrogens with zero attached hydrogens (tertiary/aromatic N) is 1. The number of carboxylic acids is 1. The second-order valence-corrected chi connectivity index (χ2v) is 4.46. The van der Waals surface area contributed by atoms with Crippen LogP contribution in [-0.4, -0.2) is 54.4 Å². The minimum absolute atomic E-state index is 0.0463. The molecule has 0 aliphatic carbocycles. The van der Waals surface area contributed by atoms with Gasteiger partial charge in [-0.25, -0.2) is 4.79 Å². The lowest BCUT2D eigenvalue weighted by Crippen LogP contribution is -2.48. The Morgan fingerprint density at radius 2 is 2.28 bits per heavy atom. The number of carbonyl (C=O) groups is 2. The molecule has 0 spiro atoms. The monoisotopic (exact) mass is 258 g/mol. The van der Waals surface area contributed by atoms with E-state index >= 15 is 0 Å². The zero-order valence-electron chi connectivity index (χ0n) is 10.9. The molecule has 1 saturated heterocycles. The summed E-state index contributed by atoms with van der Waals surface area (Å²) >= 11 is 0. The molecule has 0 aromatic carbocycles. The van der Waals surface area contributed by atoms with Crippen molar-refractivity contribution in [3.63, 3.8) is 0 Å². The van der Waals surface area contributed by atoms with Gasteiger partial charge in [-0.15, -0.1) is 0 Å². The highest BCUT2D eigenvalue weighted by Gasteiger charge is 2.23. The lowest BCUT2D eigenvalue weighted by atomic mass is 10.1. The van der Waals surface area contributed by atoms with Crippen molar-refractivity contribution in [2.45, 2.75) is 38.7 Å². The topological polar surface area (TPSA) is 78.9 Å². The smallest absolute Gasteiger partial charge is 0.317 e. The van der Waals surface area contributed by atoms with Crippen LogP contribution >= 0.6 is 0 Å². The first-order valence-corrected chi connectivity index (χ1v) is 6.49. The van der Waals surface area contributed by atoms with Gasteiger partial charge >= 0.3 is 12.0 Å². The molecule has 0 bridgehead atoms. The number of amides is 2. The Kier molecular flexibility index (Phi) is 6.49. The number of piperidine rings is 1. The average Bonchev–Trinajstić information content (AvgIpc) is 2.36. The molecule has 1 unspecified atom stereocenters. The SMILES string of the molecule is CCCOC1CCCN(C(=O)NCCC(=O)O)C1. The summed E-state index contributed by atoms with van der Waals surface area (Å²) in [5, 5.41) is 11.1. The van der Waals surface area contributed by atoms with Gasteiger partial charge in [-0.05, 0) is 19.3 Å². The Morgan fingerprint density at radius 3 is 2.94 bits per heavy atom. The van der Waals surface area contributed by atoms with Crippen molar-refractivity contribution in [1.29, 1.82) is 0 Å². The number of likely N-dealkylation sites (tertiary alicyclic amines) is 1. The quantitative estimate of drug-likeness (QED) is 0.746. The third-order valence-corrected chi connectivity index (χ3v) is 2.84. The number of ether oxygens (including phenoxy) is 1. The van der Waals surface area contributed by atoms with E-state index in [0.29, 0.717) is 13.1 Å². The van der Waals surface area contributed by atoms with E-state index in [1.807, 2.05) is 0 Å². The number of hydrogen-bond donors (Lipinski definition) is 2. The van der Waals surface area contributed by atoms with Crippen molar-refractivity contribution >= 4 is 12.0 Å². The second-order valence-electron chi connectivity index (χ2n) is 4.46. The first kappa shape index (κ1) is 14.8. The van der Waals surface area contributed by atoms with Crippen LogP contribution in [0, 0.1) is 0 Å². The first-order chi connectivity index (χ1) is 8.63. The number of nitrogens with one attached hydrogen (secondary N) is 1. The van der Waals surface area contributed by atoms with Crippen LogP contribution in [0.4, 0.5) is 4.79 Å². The Balaban J connectivity index is 2.27. The van der Waals surface area contributed by atoms with Crippen molar-refractivity contribution in [2.75, 3.05) is 26.2 Å². The average molecular weight is 258 g/mol.